The number of aromatic nitrogens is 5. The quantitative estimate of drug-likeness (QED) is 0.417. The maximum atomic E-state index is 13.5. The van der Waals surface area contributed by atoms with Crippen LogP contribution in [0.1, 0.15) is 11.1 Å². The Kier molecular flexibility index (Phi) is 4.60. The molecule has 0 radical (unpaired) electrons. The van der Waals surface area contributed by atoms with Crippen LogP contribution in [0, 0.1) is 0 Å². The summed E-state index contributed by atoms with van der Waals surface area (Å²) in [6.07, 6.45) is 1.69. The lowest BCUT2D eigenvalue weighted by Gasteiger charge is -2.02. The molecular formula is C23H18ClN5O3. The highest BCUT2D eigenvalue weighted by molar-refractivity contribution is 6.30. The topological polar surface area (TPSA) is 83.3 Å². The van der Waals surface area contributed by atoms with Crippen LogP contribution in [0.2, 0.25) is 5.02 Å². The molecule has 0 aliphatic carbocycles. The van der Waals surface area contributed by atoms with Gasteiger partial charge in [0.15, 0.2) is 11.2 Å². The molecule has 9 heteroatoms. The predicted octanol–water partition coefficient (Wildman–Crippen LogP) is 1.30. The third-order valence-corrected chi connectivity index (χ3v) is 5.80. The molecule has 0 aliphatic rings. The van der Waals surface area contributed by atoms with Gasteiger partial charge in [-0.05, 0) is 29.3 Å². The van der Waals surface area contributed by atoms with Crippen molar-refractivity contribution >= 4 is 34.6 Å². The fourth-order valence-electron chi connectivity index (χ4n) is 3.87. The summed E-state index contributed by atoms with van der Waals surface area (Å²) in [7, 11) is 2.96. The van der Waals surface area contributed by atoms with E-state index in [2.05, 4.69) is 4.98 Å². The second-order valence-electron chi connectivity index (χ2n) is 7.58. The van der Waals surface area contributed by atoms with Crippen molar-refractivity contribution in [2.24, 2.45) is 14.1 Å². The molecule has 3 aromatic heterocycles. The first-order valence-corrected chi connectivity index (χ1v) is 10.3. The Hall–Kier alpha value is -3.91. The molecule has 0 aliphatic heterocycles. The van der Waals surface area contributed by atoms with E-state index in [0.29, 0.717) is 10.8 Å². The Bertz CT molecular complexity index is 1730. The minimum Gasteiger partial charge on any atom is -0.279 e. The van der Waals surface area contributed by atoms with Gasteiger partial charge < -0.3 is 0 Å². The summed E-state index contributed by atoms with van der Waals surface area (Å²) in [4.78, 5) is 43.5. The van der Waals surface area contributed by atoms with Gasteiger partial charge in [0, 0.05) is 19.1 Å². The lowest BCUT2D eigenvalue weighted by atomic mass is 10.2. The van der Waals surface area contributed by atoms with Gasteiger partial charge >= 0.3 is 5.69 Å². The van der Waals surface area contributed by atoms with Crippen LogP contribution in [0.3, 0.4) is 0 Å². The van der Waals surface area contributed by atoms with Crippen molar-refractivity contribution in [1.82, 2.24) is 23.1 Å². The summed E-state index contributed by atoms with van der Waals surface area (Å²) >= 11 is 6.00. The molecule has 0 saturated heterocycles. The van der Waals surface area contributed by atoms with Gasteiger partial charge in [-0.3, -0.25) is 27.7 Å². The molecule has 5 rings (SSSR count). The lowest BCUT2D eigenvalue weighted by Crippen LogP contribution is -2.39. The van der Waals surface area contributed by atoms with E-state index in [1.54, 1.807) is 37.4 Å². The number of aryl methyl sites for hydroxylation is 1. The van der Waals surface area contributed by atoms with Crippen LogP contribution in [0.5, 0.6) is 0 Å². The summed E-state index contributed by atoms with van der Waals surface area (Å²) in [5, 5.41) is 0.852. The lowest BCUT2D eigenvalue weighted by molar-refractivity contribution is 0.707. The summed E-state index contributed by atoms with van der Waals surface area (Å²) in [6.45, 7) is 0.273. The largest absolute Gasteiger partial charge is 0.332 e. The Balaban J connectivity index is 1.94. The highest BCUT2D eigenvalue weighted by Gasteiger charge is 2.21. The number of hydrogen-bond donors (Lipinski definition) is 0. The fraction of sp³-hybridized carbons (Fsp3) is 0.130. The summed E-state index contributed by atoms with van der Waals surface area (Å²) in [5.41, 5.74) is 0.767. The number of benzene rings is 2. The highest BCUT2D eigenvalue weighted by Crippen LogP contribution is 2.12. The fourth-order valence-corrected chi connectivity index (χ4v) is 4.00. The summed E-state index contributed by atoms with van der Waals surface area (Å²) in [5.74, 6) is 0.298. The van der Waals surface area contributed by atoms with Crippen LogP contribution >= 0.6 is 11.6 Å². The molecule has 0 unspecified atom stereocenters. The molecule has 2 aromatic carbocycles. The molecule has 0 fully saturated rings. The van der Waals surface area contributed by atoms with Gasteiger partial charge in [0.1, 0.15) is 5.35 Å². The average molecular weight is 448 g/mol. The Morgan fingerprint density at radius 1 is 0.906 bits per heavy atom. The van der Waals surface area contributed by atoms with E-state index >= 15 is 0 Å². The Labute approximate surface area is 185 Å². The number of hydrogen-bond acceptors (Lipinski definition) is 4. The van der Waals surface area contributed by atoms with Crippen molar-refractivity contribution in [2.45, 2.75) is 6.54 Å². The minimum atomic E-state index is -0.516. The second-order valence-corrected chi connectivity index (χ2v) is 8.02. The van der Waals surface area contributed by atoms with E-state index in [0.717, 1.165) is 15.7 Å². The van der Waals surface area contributed by atoms with Gasteiger partial charge in [0.25, 0.3) is 11.1 Å². The summed E-state index contributed by atoms with van der Waals surface area (Å²) < 4.78 is 5.38. The van der Waals surface area contributed by atoms with Crippen LogP contribution in [-0.2, 0) is 20.6 Å². The maximum absolute atomic E-state index is 13.5. The number of fused-ring (bicyclic) bond motifs is 3. The molecule has 3 heterocycles. The van der Waals surface area contributed by atoms with E-state index in [1.807, 2.05) is 30.3 Å². The average Bonchev–Trinajstić information content (AvgIpc) is 3.30. The zero-order valence-electron chi connectivity index (χ0n) is 17.3. The van der Waals surface area contributed by atoms with E-state index in [1.165, 1.54) is 20.6 Å². The third-order valence-electron chi connectivity index (χ3n) is 5.54. The van der Waals surface area contributed by atoms with Gasteiger partial charge in [-0.2, -0.15) is 4.98 Å². The van der Waals surface area contributed by atoms with Gasteiger partial charge in [-0.15, -0.1) is 0 Å². The molecule has 0 N–H and O–H groups in total. The first-order chi connectivity index (χ1) is 15.4. The van der Waals surface area contributed by atoms with Crippen molar-refractivity contribution in [1.29, 1.82) is 0 Å². The van der Waals surface area contributed by atoms with E-state index in [-0.39, 0.29) is 28.6 Å². The maximum Gasteiger partial charge on any atom is 0.332 e. The first kappa shape index (κ1) is 20.0. The molecule has 0 spiro atoms. The predicted molar refractivity (Wildman–Crippen MR) is 123 cm³/mol. The van der Waals surface area contributed by atoms with Gasteiger partial charge in [0.2, 0.25) is 5.78 Å². The second kappa shape index (κ2) is 7.35. The van der Waals surface area contributed by atoms with Crippen LogP contribution in [-0.4, -0.2) is 23.1 Å². The SMILES string of the molecule is Cn1c(=O)c2c(nc3n(Cc4ccccc4)c(=O)/c(=C\c4ccc(Cl)cc4)n23)n(C)c1=O. The highest BCUT2D eigenvalue weighted by atomic mass is 35.5. The van der Waals surface area contributed by atoms with E-state index in [4.69, 9.17) is 11.6 Å². The van der Waals surface area contributed by atoms with Gasteiger partial charge in [0.05, 0.1) is 6.54 Å². The number of imidazole rings is 2. The van der Waals surface area contributed by atoms with E-state index < -0.39 is 11.2 Å². The smallest absolute Gasteiger partial charge is 0.279 e. The van der Waals surface area contributed by atoms with Gasteiger partial charge in [-0.1, -0.05) is 54.1 Å². The zero-order valence-corrected chi connectivity index (χ0v) is 18.1. The molecule has 160 valence electrons. The monoisotopic (exact) mass is 447 g/mol. The Morgan fingerprint density at radius 2 is 1.59 bits per heavy atom. The zero-order chi connectivity index (χ0) is 22.6. The molecule has 32 heavy (non-hydrogen) atoms. The number of rotatable bonds is 3. The van der Waals surface area contributed by atoms with Crippen molar-refractivity contribution in [3.05, 3.63) is 107 Å². The number of halogens is 1. The molecular weight excluding hydrogens is 430 g/mol. The molecule has 0 saturated carbocycles. The normalized spacial score (nSPS) is 12.3. The van der Waals surface area contributed by atoms with Crippen molar-refractivity contribution in [3.63, 3.8) is 0 Å². The van der Waals surface area contributed by atoms with Crippen LogP contribution < -0.4 is 22.2 Å². The van der Waals surface area contributed by atoms with Crippen LogP contribution in [0.25, 0.3) is 23.0 Å². The molecule has 0 bridgehead atoms. The van der Waals surface area contributed by atoms with Crippen LogP contribution in [0.4, 0.5) is 0 Å². The standard InChI is InChI=1S/C23H18ClN5O3/c1-26-19-18(21(31)27(2)23(26)32)29-17(12-14-8-10-16(24)11-9-14)20(30)28(22(29)25-19)13-15-6-4-3-5-7-15/h3-12H,13H2,1-2H3/b17-12+. The van der Waals surface area contributed by atoms with Crippen molar-refractivity contribution < 1.29 is 0 Å². The Morgan fingerprint density at radius 3 is 2.28 bits per heavy atom. The molecule has 0 amide bonds. The van der Waals surface area contributed by atoms with Crippen molar-refractivity contribution in [3.8, 4) is 0 Å². The van der Waals surface area contributed by atoms with Crippen molar-refractivity contribution in [2.75, 3.05) is 0 Å². The molecule has 8 nitrogen and oxygen atoms in total. The van der Waals surface area contributed by atoms with E-state index in [9.17, 15) is 14.4 Å². The third kappa shape index (κ3) is 2.99. The molecule has 0 atom stereocenters. The van der Waals surface area contributed by atoms with Crippen LogP contribution in [0.15, 0.2) is 69.0 Å². The first-order valence-electron chi connectivity index (χ1n) is 9.88. The molecule has 5 aromatic rings. The van der Waals surface area contributed by atoms with Gasteiger partial charge in [-0.25, -0.2) is 4.79 Å². The minimum absolute atomic E-state index is 0.175. The summed E-state index contributed by atoms with van der Waals surface area (Å²) in [6, 6.07) is 16.5. The number of nitrogens with zero attached hydrogens (tertiary/aromatic N) is 5.